The summed E-state index contributed by atoms with van der Waals surface area (Å²) in [5.74, 6) is -0.394. The number of H-pyrrole nitrogens is 1. The zero-order chi connectivity index (χ0) is 18.1. The maximum Gasteiger partial charge on any atom is 0.259 e. The number of primary amides is 1. The van der Waals surface area contributed by atoms with Gasteiger partial charge in [0.1, 0.15) is 0 Å². The summed E-state index contributed by atoms with van der Waals surface area (Å²) in [6.07, 6.45) is 3.98. The number of aromatic amines is 1. The Bertz CT molecular complexity index is 1120. The number of hydrogen-bond donors (Lipinski definition) is 2. The highest BCUT2D eigenvalue weighted by Gasteiger charge is 2.18. The Morgan fingerprint density at radius 2 is 1.81 bits per heavy atom. The molecule has 1 amide bonds. The van der Waals surface area contributed by atoms with Crippen molar-refractivity contribution in [2.75, 3.05) is 0 Å². The van der Waals surface area contributed by atoms with E-state index in [1.54, 1.807) is 0 Å². The van der Waals surface area contributed by atoms with Crippen LogP contribution in [0.3, 0.4) is 0 Å². The fourth-order valence-electron chi connectivity index (χ4n) is 3.12. The molecule has 4 rings (SSSR count). The molecule has 0 aliphatic heterocycles. The van der Waals surface area contributed by atoms with Gasteiger partial charge < -0.3 is 5.73 Å². The first-order chi connectivity index (χ1) is 12.6. The molecule has 0 aliphatic rings. The van der Waals surface area contributed by atoms with Crippen LogP contribution < -0.4 is 5.73 Å². The summed E-state index contributed by atoms with van der Waals surface area (Å²) in [5.41, 5.74) is 10.5. The molecule has 0 fully saturated rings. The van der Waals surface area contributed by atoms with E-state index in [-0.39, 0.29) is 0 Å². The van der Waals surface area contributed by atoms with Crippen molar-refractivity contribution in [1.82, 2.24) is 10.2 Å². The highest BCUT2D eigenvalue weighted by atomic mass is 32.1. The Kier molecular flexibility index (Phi) is 4.14. The molecule has 4 aromatic rings. The number of thiophene rings is 1. The number of carbonyl (C=O) groups excluding carboxylic acids is 1. The maximum absolute atomic E-state index is 11.8. The number of nitrogens with zero attached hydrogens (tertiary/aromatic N) is 1. The second kappa shape index (κ2) is 6.61. The number of aromatic nitrogens is 2. The van der Waals surface area contributed by atoms with Crippen LogP contribution in [-0.2, 0) is 0 Å². The lowest BCUT2D eigenvalue weighted by Crippen LogP contribution is -2.10. The molecular formula is C21H17N3OS. The molecule has 2 aromatic heterocycles. The molecule has 2 aromatic carbocycles. The van der Waals surface area contributed by atoms with Crippen LogP contribution in [0.1, 0.15) is 25.8 Å². The molecular weight excluding hydrogens is 342 g/mol. The highest BCUT2D eigenvalue weighted by molar-refractivity contribution is 7.15. The van der Waals surface area contributed by atoms with E-state index in [9.17, 15) is 4.79 Å². The van der Waals surface area contributed by atoms with E-state index >= 15 is 0 Å². The van der Waals surface area contributed by atoms with Crippen LogP contribution in [0.4, 0.5) is 0 Å². The lowest BCUT2D eigenvalue weighted by Gasteiger charge is -2.03. The zero-order valence-corrected chi connectivity index (χ0v) is 15.0. The van der Waals surface area contributed by atoms with Crippen LogP contribution >= 0.6 is 11.3 Å². The minimum absolute atomic E-state index is 0.394. The predicted molar refractivity (Wildman–Crippen MR) is 108 cm³/mol. The van der Waals surface area contributed by atoms with Gasteiger partial charge in [-0.1, -0.05) is 48.5 Å². The number of carbonyl (C=O) groups is 1. The quantitative estimate of drug-likeness (QED) is 0.546. The largest absolute Gasteiger partial charge is 0.365 e. The Labute approximate surface area is 155 Å². The van der Waals surface area contributed by atoms with E-state index in [2.05, 4.69) is 10.2 Å². The van der Waals surface area contributed by atoms with E-state index in [0.29, 0.717) is 4.88 Å². The van der Waals surface area contributed by atoms with Crippen LogP contribution in [0, 0.1) is 6.92 Å². The van der Waals surface area contributed by atoms with Gasteiger partial charge >= 0.3 is 0 Å². The summed E-state index contributed by atoms with van der Waals surface area (Å²) in [6, 6.07) is 18.0. The average Bonchev–Trinajstić information content (AvgIpc) is 3.21. The third-order valence-electron chi connectivity index (χ3n) is 4.35. The topological polar surface area (TPSA) is 71.8 Å². The van der Waals surface area contributed by atoms with E-state index in [1.165, 1.54) is 11.3 Å². The van der Waals surface area contributed by atoms with Crippen molar-refractivity contribution in [3.05, 3.63) is 75.6 Å². The van der Waals surface area contributed by atoms with Gasteiger partial charge in [0, 0.05) is 15.8 Å². The van der Waals surface area contributed by atoms with E-state index in [4.69, 9.17) is 5.73 Å². The highest BCUT2D eigenvalue weighted by Crippen LogP contribution is 2.37. The summed E-state index contributed by atoms with van der Waals surface area (Å²) in [7, 11) is 0. The molecule has 0 aliphatic carbocycles. The van der Waals surface area contributed by atoms with Gasteiger partial charge in [-0.2, -0.15) is 5.10 Å². The van der Waals surface area contributed by atoms with Gasteiger partial charge in [-0.25, -0.2) is 0 Å². The van der Waals surface area contributed by atoms with Gasteiger partial charge in [-0.05, 0) is 36.3 Å². The van der Waals surface area contributed by atoms with Crippen molar-refractivity contribution >= 4 is 40.3 Å². The van der Waals surface area contributed by atoms with E-state index < -0.39 is 5.91 Å². The Balaban J connectivity index is 1.83. The standard InChI is InChI=1S/C21H17N3OS/c1-13-19(14-7-3-2-4-8-14)18(26-20(13)21(22)25)12-11-17-15-9-5-6-10-16(15)23-24-17/h2-12H,1H3,(H2,22,25)(H,23,24). The van der Waals surface area contributed by atoms with Crippen molar-refractivity contribution in [2.24, 2.45) is 5.73 Å². The molecule has 5 heteroatoms. The van der Waals surface area contributed by atoms with Gasteiger partial charge in [-0.15, -0.1) is 11.3 Å². The molecule has 0 atom stereocenters. The molecule has 0 bridgehead atoms. The van der Waals surface area contributed by atoms with E-state index in [1.807, 2.05) is 73.7 Å². The first-order valence-corrected chi connectivity index (χ1v) is 9.06. The number of nitrogens with two attached hydrogens (primary N) is 1. The molecule has 3 N–H and O–H groups in total. The third kappa shape index (κ3) is 2.82. The van der Waals surface area contributed by atoms with Crippen molar-refractivity contribution in [1.29, 1.82) is 0 Å². The van der Waals surface area contributed by atoms with Gasteiger partial charge in [-0.3, -0.25) is 9.89 Å². The van der Waals surface area contributed by atoms with Crippen LogP contribution in [-0.4, -0.2) is 16.1 Å². The van der Waals surface area contributed by atoms with Crippen LogP contribution in [0.5, 0.6) is 0 Å². The molecule has 26 heavy (non-hydrogen) atoms. The predicted octanol–water partition coefficient (Wildman–Crippen LogP) is 4.87. The van der Waals surface area contributed by atoms with Gasteiger partial charge in [0.2, 0.25) is 0 Å². The van der Waals surface area contributed by atoms with Crippen molar-refractivity contribution in [3.63, 3.8) is 0 Å². The van der Waals surface area contributed by atoms with Crippen LogP contribution in [0.2, 0.25) is 0 Å². The number of para-hydroxylation sites is 1. The molecule has 0 radical (unpaired) electrons. The summed E-state index contributed by atoms with van der Waals surface area (Å²) in [4.78, 5) is 13.4. The smallest absolute Gasteiger partial charge is 0.259 e. The molecule has 4 nitrogen and oxygen atoms in total. The molecule has 0 saturated heterocycles. The van der Waals surface area contributed by atoms with Gasteiger partial charge in [0.05, 0.1) is 16.1 Å². The molecule has 0 saturated carbocycles. The minimum atomic E-state index is -0.394. The minimum Gasteiger partial charge on any atom is -0.365 e. The Hall–Kier alpha value is -3.18. The summed E-state index contributed by atoms with van der Waals surface area (Å²) in [5, 5.41) is 8.48. The second-order valence-electron chi connectivity index (χ2n) is 6.01. The van der Waals surface area contributed by atoms with Crippen molar-refractivity contribution in [2.45, 2.75) is 6.92 Å². The molecule has 0 spiro atoms. The number of amides is 1. The molecule has 128 valence electrons. The first-order valence-electron chi connectivity index (χ1n) is 8.25. The monoisotopic (exact) mass is 359 g/mol. The van der Waals surface area contributed by atoms with Crippen LogP contribution in [0.25, 0.3) is 34.2 Å². The average molecular weight is 359 g/mol. The Morgan fingerprint density at radius 1 is 1.08 bits per heavy atom. The van der Waals surface area contributed by atoms with Crippen molar-refractivity contribution < 1.29 is 4.79 Å². The number of fused-ring (bicyclic) bond motifs is 1. The fraction of sp³-hybridized carbons (Fsp3) is 0.0476. The number of benzene rings is 2. The lowest BCUT2D eigenvalue weighted by atomic mass is 10.0. The maximum atomic E-state index is 11.8. The second-order valence-corrected chi connectivity index (χ2v) is 7.07. The zero-order valence-electron chi connectivity index (χ0n) is 14.2. The molecule has 2 heterocycles. The lowest BCUT2D eigenvalue weighted by molar-refractivity contribution is 0.100. The summed E-state index contributed by atoms with van der Waals surface area (Å²) in [6.45, 7) is 1.94. The molecule has 0 unspecified atom stereocenters. The van der Waals surface area contributed by atoms with Crippen LogP contribution in [0.15, 0.2) is 54.6 Å². The summed E-state index contributed by atoms with van der Waals surface area (Å²) >= 11 is 1.42. The van der Waals surface area contributed by atoms with Gasteiger partial charge in [0.15, 0.2) is 0 Å². The van der Waals surface area contributed by atoms with Gasteiger partial charge in [0.25, 0.3) is 5.91 Å². The third-order valence-corrected chi connectivity index (χ3v) is 5.62. The van der Waals surface area contributed by atoms with Crippen molar-refractivity contribution in [3.8, 4) is 11.1 Å². The first kappa shape index (κ1) is 16.3. The Morgan fingerprint density at radius 3 is 2.58 bits per heavy atom. The SMILES string of the molecule is Cc1c(C(N)=O)sc(C=Cc2n[nH]c3ccccc23)c1-c1ccccc1. The number of nitrogens with one attached hydrogen (secondary N) is 1. The normalized spacial score (nSPS) is 11.4. The van der Waals surface area contributed by atoms with E-state index in [0.717, 1.165) is 38.2 Å². The summed E-state index contributed by atoms with van der Waals surface area (Å²) < 4.78 is 0. The number of hydrogen-bond acceptors (Lipinski definition) is 3. The fourth-order valence-corrected chi connectivity index (χ4v) is 4.20. The number of rotatable bonds is 4.